The molecule has 1 aromatic carbocycles. The summed E-state index contributed by atoms with van der Waals surface area (Å²) in [4.78, 5) is 2.55. The van der Waals surface area contributed by atoms with Gasteiger partial charge in [0.15, 0.2) is 0 Å². The Morgan fingerprint density at radius 3 is 2.50 bits per heavy atom. The minimum absolute atomic E-state index is 0.847. The van der Waals surface area contributed by atoms with Gasteiger partial charge in [0.2, 0.25) is 0 Å². The number of likely N-dealkylation sites (tertiary alicyclic amines) is 1. The lowest BCUT2D eigenvalue weighted by molar-refractivity contribution is 0.173. The van der Waals surface area contributed by atoms with Crippen LogP contribution in [0.25, 0.3) is 0 Å². The van der Waals surface area contributed by atoms with E-state index < -0.39 is 0 Å². The van der Waals surface area contributed by atoms with Crippen molar-refractivity contribution in [2.75, 3.05) is 13.1 Å². The number of benzene rings is 1. The zero-order valence-electron chi connectivity index (χ0n) is 12.2. The maximum absolute atomic E-state index is 4.24. The lowest BCUT2D eigenvalue weighted by Crippen LogP contribution is -2.34. The highest BCUT2D eigenvalue weighted by atomic mass is 15.3. The Hall–Kier alpha value is -1.61. The van der Waals surface area contributed by atoms with Crippen LogP contribution in [-0.2, 0) is 20.0 Å². The Labute approximate surface area is 121 Å². The van der Waals surface area contributed by atoms with Gasteiger partial charge in [0.1, 0.15) is 0 Å². The van der Waals surface area contributed by atoms with Gasteiger partial charge in [0, 0.05) is 19.8 Å². The van der Waals surface area contributed by atoms with Gasteiger partial charge in [-0.2, -0.15) is 5.10 Å². The van der Waals surface area contributed by atoms with Gasteiger partial charge in [0.25, 0.3) is 0 Å². The fraction of sp³-hybridized carbons (Fsp3) is 0.471. The van der Waals surface area contributed by atoms with E-state index in [9.17, 15) is 0 Å². The molecule has 3 nitrogen and oxygen atoms in total. The minimum Gasteiger partial charge on any atom is -0.298 e. The van der Waals surface area contributed by atoms with E-state index in [1.54, 1.807) is 0 Å². The first-order valence-corrected chi connectivity index (χ1v) is 7.54. The minimum atomic E-state index is 0.847. The molecule has 0 radical (unpaired) electrons. The van der Waals surface area contributed by atoms with E-state index in [2.05, 4.69) is 46.4 Å². The van der Waals surface area contributed by atoms with E-state index in [4.69, 9.17) is 0 Å². The molecule has 0 bridgehead atoms. The number of aryl methyl sites for hydroxylation is 1. The molecule has 1 fully saturated rings. The third-order valence-electron chi connectivity index (χ3n) is 4.38. The Morgan fingerprint density at radius 1 is 1.10 bits per heavy atom. The van der Waals surface area contributed by atoms with Crippen LogP contribution < -0.4 is 0 Å². The monoisotopic (exact) mass is 269 g/mol. The molecular weight excluding hydrogens is 246 g/mol. The molecule has 2 heterocycles. The molecule has 0 N–H and O–H groups in total. The Balaban J connectivity index is 1.49. The van der Waals surface area contributed by atoms with Crippen molar-refractivity contribution >= 4 is 0 Å². The largest absolute Gasteiger partial charge is 0.298 e. The average Bonchev–Trinajstić information content (AvgIpc) is 2.88. The molecule has 0 atom stereocenters. The maximum Gasteiger partial charge on any atom is 0.0521 e. The molecule has 0 saturated carbocycles. The van der Waals surface area contributed by atoms with Crippen LogP contribution in [0.1, 0.15) is 24.1 Å². The SMILES string of the molecule is Cn1nccc1CN1CCC(Cc2ccccc2)CC1. The van der Waals surface area contributed by atoms with Gasteiger partial charge in [0.05, 0.1) is 5.69 Å². The Kier molecular flexibility index (Phi) is 4.16. The normalized spacial score (nSPS) is 17.4. The maximum atomic E-state index is 4.24. The number of hydrogen-bond acceptors (Lipinski definition) is 2. The van der Waals surface area contributed by atoms with Gasteiger partial charge in [-0.15, -0.1) is 0 Å². The number of nitrogens with zero attached hydrogens (tertiary/aromatic N) is 3. The molecule has 1 saturated heterocycles. The highest BCUT2D eigenvalue weighted by molar-refractivity contribution is 5.15. The summed E-state index contributed by atoms with van der Waals surface area (Å²) in [6.07, 6.45) is 5.75. The van der Waals surface area contributed by atoms with E-state index in [0.717, 1.165) is 12.5 Å². The molecular formula is C17H23N3. The van der Waals surface area contributed by atoms with E-state index in [0.29, 0.717) is 0 Å². The van der Waals surface area contributed by atoms with E-state index in [1.165, 1.54) is 43.6 Å². The van der Waals surface area contributed by atoms with Crippen LogP contribution in [0, 0.1) is 5.92 Å². The second-order valence-corrected chi connectivity index (χ2v) is 5.86. The van der Waals surface area contributed by atoms with Gasteiger partial charge >= 0.3 is 0 Å². The van der Waals surface area contributed by atoms with Crippen LogP contribution >= 0.6 is 0 Å². The fourth-order valence-electron chi connectivity index (χ4n) is 3.08. The van der Waals surface area contributed by atoms with Crippen molar-refractivity contribution in [3.63, 3.8) is 0 Å². The smallest absolute Gasteiger partial charge is 0.0521 e. The third kappa shape index (κ3) is 3.28. The number of hydrogen-bond donors (Lipinski definition) is 0. The van der Waals surface area contributed by atoms with Crippen molar-refractivity contribution in [3.05, 3.63) is 53.9 Å². The second kappa shape index (κ2) is 6.23. The van der Waals surface area contributed by atoms with E-state index in [1.807, 2.05) is 17.9 Å². The summed E-state index contributed by atoms with van der Waals surface area (Å²) in [7, 11) is 2.03. The third-order valence-corrected chi connectivity index (χ3v) is 4.38. The molecule has 0 amide bonds. The van der Waals surface area contributed by atoms with Gasteiger partial charge in [-0.25, -0.2) is 0 Å². The first-order chi connectivity index (χ1) is 9.81. The number of piperidine rings is 1. The molecule has 0 unspecified atom stereocenters. The van der Waals surface area contributed by atoms with E-state index in [-0.39, 0.29) is 0 Å². The molecule has 106 valence electrons. The first-order valence-electron chi connectivity index (χ1n) is 7.54. The van der Waals surface area contributed by atoms with E-state index >= 15 is 0 Å². The van der Waals surface area contributed by atoms with Crippen molar-refractivity contribution in [2.24, 2.45) is 13.0 Å². The van der Waals surface area contributed by atoms with Crippen LogP contribution in [0.4, 0.5) is 0 Å². The number of aromatic nitrogens is 2. The lowest BCUT2D eigenvalue weighted by atomic mass is 9.90. The summed E-state index contributed by atoms with van der Waals surface area (Å²) in [6.45, 7) is 3.46. The Morgan fingerprint density at radius 2 is 1.85 bits per heavy atom. The molecule has 1 aromatic heterocycles. The van der Waals surface area contributed by atoms with Crippen molar-refractivity contribution in [3.8, 4) is 0 Å². The first kappa shape index (κ1) is 13.4. The van der Waals surface area contributed by atoms with Crippen LogP contribution in [-0.4, -0.2) is 27.8 Å². The van der Waals surface area contributed by atoms with Crippen molar-refractivity contribution in [2.45, 2.75) is 25.8 Å². The molecule has 1 aliphatic heterocycles. The summed E-state index contributed by atoms with van der Waals surface area (Å²) < 4.78 is 1.98. The Bertz CT molecular complexity index is 524. The van der Waals surface area contributed by atoms with Gasteiger partial charge in [-0.05, 0) is 49.9 Å². The van der Waals surface area contributed by atoms with Gasteiger partial charge in [-0.3, -0.25) is 9.58 Å². The summed E-state index contributed by atoms with van der Waals surface area (Å²) in [5.74, 6) is 0.847. The van der Waals surface area contributed by atoms with Crippen molar-refractivity contribution in [1.82, 2.24) is 14.7 Å². The van der Waals surface area contributed by atoms with Crippen molar-refractivity contribution < 1.29 is 0 Å². The van der Waals surface area contributed by atoms with Crippen LogP contribution in [0.5, 0.6) is 0 Å². The molecule has 3 heteroatoms. The highest BCUT2D eigenvalue weighted by Gasteiger charge is 2.20. The van der Waals surface area contributed by atoms with Crippen LogP contribution in [0.3, 0.4) is 0 Å². The van der Waals surface area contributed by atoms with Crippen molar-refractivity contribution in [1.29, 1.82) is 0 Å². The quantitative estimate of drug-likeness (QED) is 0.851. The molecule has 1 aliphatic rings. The number of rotatable bonds is 4. The summed E-state index contributed by atoms with van der Waals surface area (Å²) in [5, 5.41) is 4.24. The zero-order chi connectivity index (χ0) is 13.8. The zero-order valence-corrected chi connectivity index (χ0v) is 12.2. The summed E-state index contributed by atoms with van der Waals surface area (Å²) in [5.41, 5.74) is 2.80. The van der Waals surface area contributed by atoms with Crippen LogP contribution in [0.2, 0.25) is 0 Å². The van der Waals surface area contributed by atoms with Gasteiger partial charge in [-0.1, -0.05) is 30.3 Å². The predicted molar refractivity (Wildman–Crippen MR) is 81.4 cm³/mol. The highest BCUT2D eigenvalue weighted by Crippen LogP contribution is 2.22. The lowest BCUT2D eigenvalue weighted by Gasteiger charge is -2.31. The van der Waals surface area contributed by atoms with Crippen LogP contribution in [0.15, 0.2) is 42.6 Å². The molecule has 0 aliphatic carbocycles. The van der Waals surface area contributed by atoms with Gasteiger partial charge < -0.3 is 0 Å². The topological polar surface area (TPSA) is 21.1 Å². The molecule has 20 heavy (non-hydrogen) atoms. The summed E-state index contributed by atoms with van der Waals surface area (Å²) in [6, 6.07) is 13.0. The fourth-order valence-corrected chi connectivity index (χ4v) is 3.08. The molecule has 3 rings (SSSR count). The second-order valence-electron chi connectivity index (χ2n) is 5.86. The standard InChI is InChI=1S/C17H23N3/c1-19-17(7-10-18-19)14-20-11-8-16(9-12-20)13-15-5-3-2-4-6-15/h2-7,10,16H,8-9,11-14H2,1H3. The average molecular weight is 269 g/mol. The molecule has 0 spiro atoms. The summed E-state index contributed by atoms with van der Waals surface area (Å²) >= 11 is 0. The molecule has 2 aromatic rings. The predicted octanol–water partition coefficient (Wildman–Crippen LogP) is 2.87.